The van der Waals surface area contributed by atoms with Crippen molar-refractivity contribution in [1.82, 2.24) is 5.32 Å². The van der Waals surface area contributed by atoms with Gasteiger partial charge in [0.15, 0.2) is 12.2 Å². The molecule has 1 N–H and O–H groups in total. The zero-order valence-electron chi connectivity index (χ0n) is 9.85. The summed E-state index contributed by atoms with van der Waals surface area (Å²) in [6, 6.07) is 1.90. The standard InChI is InChI=1S/C12H18N2O3/c13-8-10-11(17-10)12(15)14-6-7-16-9-4-2-1-3-5-9/h9-11H,1-7H2,(H,14,15). The fraction of sp³-hybridized carbons (Fsp3) is 0.833. The third-order valence-electron chi connectivity index (χ3n) is 3.18. The lowest BCUT2D eigenvalue weighted by molar-refractivity contribution is -0.122. The van der Waals surface area contributed by atoms with Gasteiger partial charge in [0, 0.05) is 6.54 Å². The summed E-state index contributed by atoms with van der Waals surface area (Å²) >= 11 is 0. The Morgan fingerprint density at radius 2 is 2.18 bits per heavy atom. The molecule has 0 spiro atoms. The molecule has 1 amide bonds. The van der Waals surface area contributed by atoms with Gasteiger partial charge in [0.1, 0.15) is 0 Å². The lowest BCUT2D eigenvalue weighted by atomic mass is 9.98. The van der Waals surface area contributed by atoms with Crippen LogP contribution in [0.3, 0.4) is 0 Å². The van der Waals surface area contributed by atoms with E-state index in [2.05, 4.69) is 5.32 Å². The van der Waals surface area contributed by atoms with E-state index in [1.165, 1.54) is 19.3 Å². The summed E-state index contributed by atoms with van der Waals surface area (Å²) in [5.74, 6) is -0.205. The van der Waals surface area contributed by atoms with Gasteiger partial charge in [-0.25, -0.2) is 0 Å². The minimum atomic E-state index is -0.560. The monoisotopic (exact) mass is 238 g/mol. The van der Waals surface area contributed by atoms with E-state index >= 15 is 0 Å². The number of carbonyl (C=O) groups is 1. The molecule has 2 fully saturated rings. The molecule has 0 bridgehead atoms. The van der Waals surface area contributed by atoms with E-state index in [1.807, 2.05) is 6.07 Å². The van der Waals surface area contributed by atoms with Gasteiger partial charge in [-0.2, -0.15) is 5.26 Å². The van der Waals surface area contributed by atoms with Gasteiger partial charge in [-0.05, 0) is 12.8 Å². The normalized spacial score (nSPS) is 28.4. The molecule has 1 saturated heterocycles. The molecule has 1 heterocycles. The van der Waals surface area contributed by atoms with Gasteiger partial charge in [-0.3, -0.25) is 4.79 Å². The van der Waals surface area contributed by atoms with Crippen LogP contribution in [0.4, 0.5) is 0 Å². The summed E-state index contributed by atoms with van der Waals surface area (Å²) in [6.07, 6.45) is 5.33. The molecule has 0 aromatic heterocycles. The van der Waals surface area contributed by atoms with Crippen molar-refractivity contribution in [3.8, 4) is 6.07 Å². The number of nitriles is 1. The van der Waals surface area contributed by atoms with E-state index < -0.39 is 12.2 Å². The molecule has 2 aliphatic rings. The Balaban J connectivity index is 1.51. The molecule has 5 heteroatoms. The molecular formula is C12H18N2O3. The topological polar surface area (TPSA) is 74.7 Å². The number of nitrogens with one attached hydrogen (secondary N) is 1. The third kappa shape index (κ3) is 3.69. The van der Waals surface area contributed by atoms with Crippen LogP contribution in [0.5, 0.6) is 0 Å². The maximum Gasteiger partial charge on any atom is 0.253 e. The largest absolute Gasteiger partial charge is 0.376 e. The number of ether oxygens (including phenoxy) is 2. The summed E-state index contributed by atoms with van der Waals surface area (Å²) in [6.45, 7) is 1.04. The molecule has 1 aliphatic carbocycles. The highest BCUT2D eigenvalue weighted by molar-refractivity contribution is 5.84. The first-order chi connectivity index (χ1) is 8.31. The summed E-state index contributed by atoms with van der Waals surface area (Å²) in [5, 5.41) is 11.2. The Hall–Kier alpha value is -1.12. The molecule has 5 nitrogen and oxygen atoms in total. The molecule has 17 heavy (non-hydrogen) atoms. The number of amides is 1. The van der Waals surface area contributed by atoms with Gasteiger partial charge in [0.2, 0.25) is 0 Å². The lowest BCUT2D eigenvalue weighted by Crippen LogP contribution is -2.33. The van der Waals surface area contributed by atoms with Crippen LogP contribution in [0.2, 0.25) is 0 Å². The number of hydrogen-bond acceptors (Lipinski definition) is 4. The molecule has 1 saturated carbocycles. The number of epoxide rings is 1. The first-order valence-electron chi connectivity index (χ1n) is 6.25. The van der Waals surface area contributed by atoms with Crippen LogP contribution in [0.15, 0.2) is 0 Å². The quantitative estimate of drug-likeness (QED) is 0.566. The highest BCUT2D eigenvalue weighted by Crippen LogP contribution is 2.21. The van der Waals surface area contributed by atoms with Gasteiger partial charge >= 0.3 is 0 Å². The van der Waals surface area contributed by atoms with Gasteiger partial charge in [-0.15, -0.1) is 0 Å². The average Bonchev–Trinajstić information content (AvgIpc) is 3.15. The first-order valence-corrected chi connectivity index (χ1v) is 6.25. The van der Waals surface area contributed by atoms with Crippen LogP contribution in [0.1, 0.15) is 32.1 Å². The zero-order chi connectivity index (χ0) is 12.1. The summed E-state index contributed by atoms with van der Waals surface area (Å²) in [4.78, 5) is 11.4. The second kappa shape index (κ2) is 5.99. The van der Waals surface area contributed by atoms with Crippen molar-refractivity contribution < 1.29 is 14.3 Å². The smallest absolute Gasteiger partial charge is 0.253 e. The third-order valence-corrected chi connectivity index (χ3v) is 3.18. The van der Waals surface area contributed by atoms with Crippen molar-refractivity contribution in [3.63, 3.8) is 0 Å². The summed E-state index contributed by atoms with van der Waals surface area (Å²) < 4.78 is 10.5. The number of nitrogens with zero attached hydrogens (tertiary/aromatic N) is 1. The van der Waals surface area contributed by atoms with E-state index in [0.29, 0.717) is 19.3 Å². The SMILES string of the molecule is N#CC1OC1C(=O)NCCOC1CCCCC1. The number of carbonyl (C=O) groups excluding carboxylic acids is 1. The predicted octanol–water partition coefficient (Wildman–Crippen LogP) is 0.743. The van der Waals surface area contributed by atoms with Crippen molar-refractivity contribution >= 4 is 5.91 Å². The van der Waals surface area contributed by atoms with Crippen LogP contribution in [0.25, 0.3) is 0 Å². The molecule has 0 aromatic carbocycles. The van der Waals surface area contributed by atoms with E-state index in [4.69, 9.17) is 14.7 Å². The molecule has 2 atom stereocenters. The van der Waals surface area contributed by atoms with Crippen molar-refractivity contribution in [1.29, 1.82) is 5.26 Å². The first kappa shape index (κ1) is 12.3. The predicted molar refractivity (Wildman–Crippen MR) is 60.1 cm³/mol. The molecule has 2 rings (SSSR count). The van der Waals surface area contributed by atoms with Crippen molar-refractivity contribution in [2.45, 2.75) is 50.4 Å². The van der Waals surface area contributed by atoms with E-state index in [0.717, 1.165) is 12.8 Å². The van der Waals surface area contributed by atoms with Crippen LogP contribution < -0.4 is 5.32 Å². The van der Waals surface area contributed by atoms with Crippen LogP contribution in [0, 0.1) is 11.3 Å². The molecule has 94 valence electrons. The van der Waals surface area contributed by atoms with E-state index in [-0.39, 0.29) is 5.91 Å². The van der Waals surface area contributed by atoms with Gasteiger partial charge in [-0.1, -0.05) is 19.3 Å². The van der Waals surface area contributed by atoms with E-state index in [1.54, 1.807) is 0 Å². The Labute approximate surface area is 101 Å². The van der Waals surface area contributed by atoms with Crippen molar-refractivity contribution in [2.75, 3.05) is 13.2 Å². The van der Waals surface area contributed by atoms with E-state index in [9.17, 15) is 4.79 Å². The highest BCUT2D eigenvalue weighted by Gasteiger charge is 2.45. The fourth-order valence-corrected chi connectivity index (χ4v) is 2.14. The molecule has 0 radical (unpaired) electrons. The van der Waals surface area contributed by atoms with Gasteiger partial charge < -0.3 is 14.8 Å². The Kier molecular flexibility index (Phi) is 4.35. The molecular weight excluding hydrogens is 220 g/mol. The average molecular weight is 238 g/mol. The molecule has 2 unspecified atom stereocenters. The lowest BCUT2D eigenvalue weighted by Gasteiger charge is -2.21. The maximum atomic E-state index is 11.4. The Morgan fingerprint density at radius 3 is 2.82 bits per heavy atom. The second-order valence-electron chi connectivity index (χ2n) is 4.53. The highest BCUT2D eigenvalue weighted by atomic mass is 16.6. The Bertz CT molecular complexity index is 307. The Morgan fingerprint density at radius 1 is 1.41 bits per heavy atom. The number of rotatable bonds is 5. The second-order valence-corrected chi connectivity index (χ2v) is 4.53. The number of hydrogen-bond donors (Lipinski definition) is 1. The fourth-order valence-electron chi connectivity index (χ4n) is 2.14. The van der Waals surface area contributed by atoms with Crippen molar-refractivity contribution in [3.05, 3.63) is 0 Å². The molecule has 1 aliphatic heterocycles. The zero-order valence-corrected chi connectivity index (χ0v) is 9.85. The van der Waals surface area contributed by atoms with Crippen LogP contribution >= 0.6 is 0 Å². The summed E-state index contributed by atoms with van der Waals surface area (Å²) in [5.41, 5.74) is 0. The minimum Gasteiger partial charge on any atom is -0.376 e. The summed E-state index contributed by atoms with van der Waals surface area (Å²) in [7, 11) is 0. The van der Waals surface area contributed by atoms with Gasteiger partial charge in [0.25, 0.3) is 5.91 Å². The van der Waals surface area contributed by atoms with Crippen molar-refractivity contribution in [2.24, 2.45) is 0 Å². The van der Waals surface area contributed by atoms with Crippen LogP contribution in [-0.2, 0) is 14.3 Å². The van der Waals surface area contributed by atoms with Gasteiger partial charge in [0.05, 0.1) is 18.8 Å². The molecule has 0 aromatic rings. The minimum absolute atomic E-state index is 0.205. The van der Waals surface area contributed by atoms with Crippen LogP contribution in [-0.4, -0.2) is 37.4 Å². The maximum absolute atomic E-state index is 11.4.